The van der Waals surface area contributed by atoms with Crippen LogP contribution in [0, 0.1) is 0 Å². The number of nitrogens with zero attached hydrogens (tertiary/aromatic N) is 3. The maximum absolute atomic E-state index is 5.00. The summed E-state index contributed by atoms with van der Waals surface area (Å²) in [6, 6.07) is 0. The van der Waals surface area contributed by atoms with Gasteiger partial charge in [0.05, 0.1) is 12.2 Å². The van der Waals surface area contributed by atoms with Crippen LogP contribution in [0.5, 0.6) is 0 Å². The van der Waals surface area contributed by atoms with Crippen molar-refractivity contribution in [3.8, 4) is 0 Å². The van der Waals surface area contributed by atoms with E-state index < -0.39 is 0 Å². The number of thiazole rings is 1. The number of ether oxygens (including phenoxy) is 1. The predicted octanol–water partition coefficient (Wildman–Crippen LogP) is 0.911. The van der Waals surface area contributed by atoms with Crippen molar-refractivity contribution in [3.05, 3.63) is 11.1 Å². The summed E-state index contributed by atoms with van der Waals surface area (Å²) in [5, 5.41) is 9.54. The highest BCUT2D eigenvalue weighted by Crippen LogP contribution is 2.17. The standard InChI is InChI=1S/C12H23N5OS/c1-13-11(14-6-5-7-18-4)15-8-10-9-19-12(16-10)17(2)3/h9H,5-8H2,1-4H3,(H2,13,14,15). The van der Waals surface area contributed by atoms with E-state index in [0.717, 1.165) is 36.4 Å². The molecule has 19 heavy (non-hydrogen) atoms. The molecule has 0 aliphatic carbocycles. The minimum Gasteiger partial charge on any atom is -0.385 e. The predicted molar refractivity (Wildman–Crippen MR) is 81.1 cm³/mol. The number of aliphatic imine (C=N–C) groups is 1. The van der Waals surface area contributed by atoms with Crippen LogP contribution in [-0.4, -0.2) is 52.3 Å². The lowest BCUT2D eigenvalue weighted by Crippen LogP contribution is -2.37. The minimum atomic E-state index is 0.675. The average Bonchev–Trinajstić information content (AvgIpc) is 2.87. The van der Waals surface area contributed by atoms with E-state index in [1.165, 1.54) is 0 Å². The van der Waals surface area contributed by atoms with Crippen molar-refractivity contribution in [2.24, 2.45) is 4.99 Å². The molecule has 0 bridgehead atoms. The Morgan fingerprint density at radius 1 is 1.47 bits per heavy atom. The Morgan fingerprint density at radius 2 is 2.26 bits per heavy atom. The summed E-state index contributed by atoms with van der Waals surface area (Å²) in [6.07, 6.45) is 0.957. The van der Waals surface area contributed by atoms with Crippen molar-refractivity contribution in [1.82, 2.24) is 15.6 Å². The number of hydrogen-bond acceptors (Lipinski definition) is 5. The van der Waals surface area contributed by atoms with Crippen LogP contribution in [0.15, 0.2) is 10.4 Å². The molecule has 0 amide bonds. The van der Waals surface area contributed by atoms with Crippen molar-refractivity contribution in [2.45, 2.75) is 13.0 Å². The molecule has 0 aromatic carbocycles. The van der Waals surface area contributed by atoms with E-state index in [0.29, 0.717) is 6.54 Å². The molecule has 1 aromatic rings. The molecule has 0 radical (unpaired) electrons. The van der Waals surface area contributed by atoms with E-state index in [1.54, 1.807) is 25.5 Å². The first-order chi connectivity index (χ1) is 9.17. The first-order valence-corrected chi connectivity index (χ1v) is 7.10. The normalized spacial score (nSPS) is 11.5. The Kier molecular flexibility index (Phi) is 7.20. The zero-order valence-corrected chi connectivity index (χ0v) is 12.9. The smallest absolute Gasteiger partial charge is 0.191 e. The highest BCUT2D eigenvalue weighted by atomic mass is 32.1. The van der Waals surface area contributed by atoms with Crippen LogP contribution in [0.4, 0.5) is 5.13 Å². The molecule has 0 fully saturated rings. The van der Waals surface area contributed by atoms with E-state index in [9.17, 15) is 0 Å². The number of rotatable bonds is 7. The first kappa shape index (κ1) is 15.7. The second kappa shape index (κ2) is 8.71. The molecule has 0 aliphatic rings. The van der Waals surface area contributed by atoms with Gasteiger partial charge in [-0.2, -0.15) is 0 Å². The fraction of sp³-hybridized carbons (Fsp3) is 0.667. The number of nitrogens with one attached hydrogen (secondary N) is 2. The van der Waals surface area contributed by atoms with Gasteiger partial charge < -0.3 is 20.3 Å². The van der Waals surface area contributed by atoms with Crippen LogP contribution >= 0.6 is 11.3 Å². The maximum atomic E-state index is 5.00. The number of methoxy groups -OCH3 is 1. The van der Waals surface area contributed by atoms with Crippen LogP contribution in [0.2, 0.25) is 0 Å². The lowest BCUT2D eigenvalue weighted by atomic mass is 10.4. The molecular formula is C12H23N5OS. The van der Waals surface area contributed by atoms with Crippen molar-refractivity contribution < 1.29 is 4.74 Å². The van der Waals surface area contributed by atoms with Gasteiger partial charge >= 0.3 is 0 Å². The highest BCUT2D eigenvalue weighted by Gasteiger charge is 2.04. The van der Waals surface area contributed by atoms with Gasteiger partial charge in [-0.25, -0.2) is 4.98 Å². The average molecular weight is 285 g/mol. The Bertz CT molecular complexity index is 391. The Hall–Kier alpha value is -1.34. The van der Waals surface area contributed by atoms with Gasteiger partial charge in [-0.3, -0.25) is 4.99 Å². The lowest BCUT2D eigenvalue weighted by Gasteiger charge is -2.10. The van der Waals surface area contributed by atoms with E-state index in [1.807, 2.05) is 19.0 Å². The maximum Gasteiger partial charge on any atom is 0.191 e. The Morgan fingerprint density at radius 3 is 2.84 bits per heavy atom. The number of guanidine groups is 1. The van der Waals surface area contributed by atoms with Crippen LogP contribution in [0.25, 0.3) is 0 Å². The van der Waals surface area contributed by atoms with Crippen molar-refractivity contribution in [1.29, 1.82) is 0 Å². The summed E-state index contributed by atoms with van der Waals surface area (Å²) in [6.45, 7) is 2.27. The lowest BCUT2D eigenvalue weighted by molar-refractivity contribution is 0.195. The topological polar surface area (TPSA) is 61.8 Å². The zero-order chi connectivity index (χ0) is 14.1. The van der Waals surface area contributed by atoms with Gasteiger partial charge in [-0.1, -0.05) is 0 Å². The molecule has 1 aromatic heterocycles. The molecule has 108 valence electrons. The van der Waals surface area contributed by atoms with Crippen LogP contribution < -0.4 is 15.5 Å². The zero-order valence-electron chi connectivity index (χ0n) is 12.1. The van der Waals surface area contributed by atoms with Crippen LogP contribution in [0.1, 0.15) is 12.1 Å². The van der Waals surface area contributed by atoms with Gasteiger partial charge in [0.15, 0.2) is 11.1 Å². The molecule has 0 unspecified atom stereocenters. The quantitative estimate of drug-likeness (QED) is 0.443. The van der Waals surface area contributed by atoms with E-state index in [4.69, 9.17) is 4.74 Å². The summed E-state index contributed by atoms with van der Waals surface area (Å²) in [5.74, 6) is 0.788. The van der Waals surface area contributed by atoms with Gasteiger partial charge in [0.1, 0.15) is 0 Å². The molecule has 0 saturated heterocycles. The first-order valence-electron chi connectivity index (χ1n) is 6.22. The second-order valence-corrected chi connectivity index (χ2v) is 5.05. The second-order valence-electron chi connectivity index (χ2n) is 4.21. The van der Waals surface area contributed by atoms with E-state index >= 15 is 0 Å². The monoisotopic (exact) mass is 285 g/mol. The molecular weight excluding hydrogens is 262 g/mol. The molecule has 0 atom stereocenters. The Balaban J connectivity index is 2.32. The SMILES string of the molecule is CN=C(NCCCOC)NCc1csc(N(C)C)n1. The fourth-order valence-corrected chi connectivity index (χ4v) is 2.16. The largest absolute Gasteiger partial charge is 0.385 e. The summed E-state index contributed by atoms with van der Waals surface area (Å²) in [4.78, 5) is 10.7. The summed E-state index contributed by atoms with van der Waals surface area (Å²) in [7, 11) is 7.45. The van der Waals surface area contributed by atoms with E-state index in [-0.39, 0.29) is 0 Å². The van der Waals surface area contributed by atoms with Gasteiger partial charge in [-0.05, 0) is 6.42 Å². The van der Waals surface area contributed by atoms with Crippen LogP contribution in [-0.2, 0) is 11.3 Å². The van der Waals surface area contributed by atoms with E-state index in [2.05, 4.69) is 26.0 Å². The summed E-state index contributed by atoms with van der Waals surface area (Å²) in [5.41, 5.74) is 1.02. The number of hydrogen-bond donors (Lipinski definition) is 2. The highest BCUT2D eigenvalue weighted by molar-refractivity contribution is 7.13. The fourth-order valence-electron chi connectivity index (χ4n) is 1.40. The van der Waals surface area contributed by atoms with Gasteiger partial charge in [0, 0.05) is 46.8 Å². The van der Waals surface area contributed by atoms with Crippen molar-refractivity contribution in [3.63, 3.8) is 0 Å². The molecule has 0 aliphatic heterocycles. The third-order valence-electron chi connectivity index (χ3n) is 2.40. The van der Waals surface area contributed by atoms with Crippen molar-refractivity contribution >= 4 is 22.4 Å². The molecule has 0 saturated carbocycles. The third kappa shape index (κ3) is 5.89. The molecule has 0 spiro atoms. The summed E-state index contributed by atoms with van der Waals surface area (Å²) >= 11 is 1.64. The Labute approximate surface area is 118 Å². The van der Waals surface area contributed by atoms with Crippen molar-refractivity contribution in [2.75, 3.05) is 46.3 Å². The van der Waals surface area contributed by atoms with Gasteiger partial charge in [-0.15, -0.1) is 11.3 Å². The molecule has 1 heterocycles. The molecule has 6 nitrogen and oxygen atoms in total. The summed E-state index contributed by atoms with van der Waals surface area (Å²) < 4.78 is 5.00. The van der Waals surface area contributed by atoms with Crippen LogP contribution in [0.3, 0.4) is 0 Å². The van der Waals surface area contributed by atoms with Gasteiger partial charge in [0.25, 0.3) is 0 Å². The molecule has 7 heteroatoms. The number of aromatic nitrogens is 1. The molecule has 2 N–H and O–H groups in total. The minimum absolute atomic E-state index is 0.675. The number of anilines is 1. The molecule has 1 rings (SSSR count). The third-order valence-corrected chi connectivity index (χ3v) is 3.46. The van der Waals surface area contributed by atoms with Gasteiger partial charge in [0.2, 0.25) is 0 Å².